The van der Waals surface area contributed by atoms with E-state index in [0.29, 0.717) is 13.1 Å². The first kappa shape index (κ1) is 20.5. The summed E-state index contributed by atoms with van der Waals surface area (Å²) >= 11 is 0. The molecule has 0 aliphatic carbocycles. The largest absolute Gasteiger partial charge is 0.334 e. The van der Waals surface area contributed by atoms with E-state index in [2.05, 4.69) is 0 Å². The van der Waals surface area contributed by atoms with Gasteiger partial charge in [-0.15, -0.1) is 12.4 Å². The molecule has 0 radical (unpaired) electrons. The average molecular weight is 421 g/mol. The number of amides is 1. The summed E-state index contributed by atoms with van der Waals surface area (Å²) in [5, 5.41) is 0. The van der Waals surface area contributed by atoms with Crippen LogP contribution in [0.25, 0.3) is 0 Å². The molecule has 8 heteroatoms. The van der Waals surface area contributed by atoms with Crippen LogP contribution in [0.1, 0.15) is 45.5 Å². The summed E-state index contributed by atoms with van der Waals surface area (Å²) in [4.78, 5) is 27.3. The van der Waals surface area contributed by atoms with Gasteiger partial charge in [-0.2, -0.15) is 0 Å². The van der Waals surface area contributed by atoms with Crippen molar-refractivity contribution in [3.05, 3.63) is 59.2 Å². The predicted octanol–water partition coefficient (Wildman–Crippen LogP) is 2.44. The highest BCUT2D eigenvalue weighted by atomic mass is 35.5. The summed E-state index contributed by atoms with van der Waals surface area (Å²) in [5.74, 6) is -0.582. The van der Waals surface area contributed by atoms with Gasteiger partial charge in [-0.1, -0.05) is 12.1 Å². The zero-order valence-corrected chi connectivity index (χ0v) is 16.8. The second-order valence-corrected chi connectivity index (χ2v) is 8.81. The molecule has 0 aromatic heterocycles. The molecule has 2 aromatic carbocycles. The van der Waals surface area contributed by atoms with Crippen molar-refractivity contribution >= 4 is 33.9 Å². The van der Waals surface area contributed by atoms with E-state index in [0.717, 1.165) is 19.3 Å². The van der Waals surface area contributed by atoms with Gasteiger partial charge in [-0.05, 0) is 49.6 Å². The minimum absolute atomic E-state index is 0. The van der Waals surface area contributed by atoms with Gasteiger partial charge in [-0.25, -0.2) is 8.42 Å². The van der Waals surface area contributed by atoms with Crippen LogP contribution in [-0.2, 0) is 9.84 Å². The van der Waals surface area contributed by atoms with Crippen LogP contribution in [0.3, 0.4) is 0 Å². The van der Waals surface area contributed by atoms with Crippen LogP contribution in [-0.4, -0.2) is 44.1 Å². The number of hydrogen-bond acceptors (Lipinski definition) is 5. The third kappa shape index (κ3) is 3.13. The predicted molar refractivity (Wildman–Crippen MR) is 107 cm³/mol. The first-order chi connectivity index (χ1) is 12.9. The van der Waals surface area contributed by atoms with Crippen molar-refractivity contribution in [2.75, 3.05) is 13.1 Å². The van der Waals surface area contributed by atoms with E-state index in [1.54, 1.807) is 17.0 Å². The Balaban J connectivity index is 0.00000225. The molecule has 1 amide bonds. The van der Waals surface area contributed by atoms with E-state index in [4.69, 9.17) is 5.73 Å². The lowest BCUT2D eigenvalue weighted by Crippen LogP contribution is -2.47. The first-order valence-electron chi connectivity index (χ1n) is 8.99. The van der Waals surface area contributed by atoms with Gasteiger partial charge in [0.25, 0.3) is 5.91 Å². The van der Waals surface area contributed by atoms with E-state index in [1.807, 2.05) is 0 Å². The molecule has 1 fully saturated rings. The lowest BCUT2D eigenvalue weighted by Gasteiger charge is -2.35. The number of rotatable bonds is 2. The lowest BCUT2D eigenvalue weighted by atomic mass is 9.98. The van der Waals surface area contributed by atoms with E-state index in [-0.39, 0.29) is 56.6 Å². The number of likely N-dealkylation sites (tertiary alicyclic amines) is 1. The molecule has 148 valence electrons. The van der Waals surface area contributed by atoms with Gasteiger partial charge in [0.2, 0.25) is 9.84 Å². The molecule has 28 heavy (non-hydrogen) atoms. The van der Waals surface area contributed by atoms with Gasteiger partial charge < -0.3 is 10.6 Å². The number of nitrogens with two attached hydrogens (primary N) is 1. The molecule has 1 saturated heterocycles. The Morgan fingerprint density at radius 2 is 1.79 bits per heavy atom. The van der Waals surface area contributed by atoms with Gasteiger partial charge in [0.1, 0.15) is 0 Å². The van der Waals surface area contributed by atoms with E-state index < -0.39 is 9.84 Å². The number of ketones is 1. The Kier molecular flexibility index (Phi) is 5.61. The van der Waals surface area contributed by atoms with Gasteiger partial charge in [-0.3, -0.25) is 9.59 Å². The molecule has 2 heterocycles. The van der Waals surface area contributed by atoms with Gasteiger partial charge in [0, 0.05) is 35.8 Å². The smallest absolute Gasteiger partial charge is 0.254 e. The van der Waals surface area contributed by atoms with Crippen LogP contribution in [0, 0.1) is 0 Å². The third-order valence-electron chi connectivity index (χ3n) is 5.34. The molecule has 2 aromatic rings. The number of halogens is 1. The fourth-order valence-corrected chi connectivity index (χ4v) is 5.57. The molecule has 0 spiro atoms. The van der Waals surface area contributed by atoms with E-state index >= 15 is 0 Å². The maximum absolute atomic E-state index is 13.0. The summed E-state index contributed by atoms with van der Waals surface area (Å²) in [7, 11) is -3.86. The zero-order chi connectivity index (χ0) is 19.2. The minimum atomic E-state index is -3.86. The monoisotopic (exact) mass is 420 g/mol. The fourth-order valence-electron chi connectivity index (χ4n) is 3.90. The molecule has 1 atom stereocenters. The number of sulfone groups is 1. The summed E-state index contributed by atoms with van der Waals surface area (Å²) in [6, 6.07) is 10.4. The maximum atomic E-state index is 13.0. The van der Waals surface area contributed by atoms with E-state index in [9.17, 15) is 18.0 Å². The first-order valence-corrected chi connectivity index (χ1v) is 10.5. The summed E-state index contributed by atoms with van der Waals surface area (Å²) in [5.41, 5.74) is 6.35. The number of hydrogen-bond donors (Lipinski definition) is 1. The van der Waals surface area contributed by atoms with Crippen molar-refractivity contribution in [2.45, 2.75) is 35.1 Å². The number of nitrogens with zero attached hydrogens (tertiary/aromatic N) is 1. The second kappa shape index (κ2) is 7.66. The Morgan fingerprint density at radius 3 is 2.54 bits per heavy atom. The second-order valence-electron chi connectivity index (χ2n) is 6.92. The molecule has 2 aliphatic heterocycles. The quantitative estimate of drug-likeness (QED) is 0.686. The molecule has 1 unspecified atom stereocenters. The van der Waals surface area contributed by atoms with E-state index in [1.165, 1.54) is 30.3 Å². The molecular formula is C20H21ClN2O4S. The Labute approximate surface area is 170 Å². The molecule has 2 aliphatic rings. The number of carbonyl (C=O) groups is 2. The lowest BCUT2D eigenvalue weighted by molar-refractivity contribution is 0.0622. The number of carbonyl (C=O) groups excluding carboxylic acids is 2. The number of fused-ring (bicyclic) bond motifs is 2. The van der Waals surface area contributed by atoms with Crippen molar-refractivity contribution < 1.29 is 18.0 Å². The Morgan fingerprint density at radius 1 is 1.07 bits per heavy atom. The van der Waals surface area contributed by atoms with Gasteiger partial charge in [0.15, 0.2) is 5.78 Å². The van der Waals surface area contributed by atoms with Crippen molar-refractivity contribution in [1.82, 2.24) is 4.90 Å². The van der Waals surface area contributed by atoms with Crippen molar-refractivity contribution in [1.29, 1.82) is 0 Å². The SMILES string of the molecule is Cl.NCC1CCCCN1C(=O)c1ccc2c(c1)S(=O)(=O)c1ccccc1C2=O. The Hall–Kier alpha value is -2.22. The molecule has 0 saturated carbocycles. The molecule has 0 bridgehead atoms. The average Bonchev–Trinajstić information content (AvgIpc) is 2.71. The van der Waals surface area contributed by atoms with Crippen molar-refractivity contribution in [3.63, 3.8) is 0 Å². The third-order valence-corrected chi connectivity index (χ3v) is 7.20. The van der Waals surface area contributed by atoms with Crippen LogP contribution in [0.5, 0.6) is 0 Å². The Bertz CT molecular complexity index is 1050. The minimum Gasteiger partial charge on any atom is -0.334 e. The molecule has 4 rings (SSSR count). The van der Waals surface area contributed by atoms with Gasteiger partial charge in [0.05, 0.1) is 9.79 Å². The maximum Gasteiger partial charge on any atom is 0.254 e. The highest BCUT2D eigenvalue weighted by Crippen LogP contribution is 2.35. The fraction of sp³-hybridized carbons (Fsp3) is 0.300. The highest BCUT2D eigenvalue weighted by Gasteiger charge is 2.36. The topological polar surface area (TPSA) is 97.5 Å². The molecule has 6 nitrogen and oxygen atoms in total. The number of piperidine rings is 1. The summed E-state index contributed by atoms with van der Waals surface area (Å²) < 4.78 is 26.0. The van der Waals surface area contributed by atoms with Crippen LogP contribution in [0.15, 0.2) is 52.3 Å². The molecule has 2 N–H and O–H groups in total. The van der Waals surface area contributed by atoms with Crippen LogP contribution in [0.4, 0.5) is 0 Å². The summed E-state index contributed by atoms with van der Waals surface area (Å²) in [6.45, 7) is 0.979. The normalized spacial score (nSPS) is 20.0. The number of benzene rings is 2. The zero-order valence-electron chi connectivity index (χ0n) is 15.1. The van der Waals surface area contributed by atoms with Crippen LogP contribution >= 0.6 is 12.4 Å². The standard InChI is InChI=1S/C20H20N2O4S.ClH/c21-12-14-5-3-4-10-22(14)20(24)13-8-9-16-18(11-13)27(25,26)17-7-2-1-6-15(17)19(16)23;/h1-2,6-9,11,14H,3-5,10,12,21H2;1H. The van der Waals surface area contributed by atoms with Crippen LogP contribution in [0.2, 0.25) is 0 Å². The van der Waals surface area contributed by atoms with Crippen molar-refractivity contribution in [2.24, 2.45) is 5.73 Å². The van der Waals surface area contributed by atoms with Gasteiger partial charge >= 0.3 is 0 Å². The van der Waals surface area contributed by atoms with Crippen LogP contribution < -0.4 is 5.73 Å². The highest BCUT2D eigenvalue weighted by molar-refractivity contribution is 7.91. The summed E-state index contributed by atoms with van der Waals surface area (Å²) in [6.07, 6.45) is 2.77. The molecular weight excluding hydrogens is 400 g/mol. The van der Waals surface area contributed by atoms with Crippen molar-refractivity contribution in [3.8, 4) is 0 Å².